The summed E-state index contributed by atoms with van der Waals surface area (Å²) in [4.78, 5) is 25.0. The summed E-state index contributed by atoms with van der Waals surface area (Å²) >= 11 is 0. The summed E-state index contributed by atoms with van der Waals surface area (Å²) < 4.78 is 0. The van der Waals surface area contributed by atoms with Crippen LogP contribution in [0, 0.1) is 11.8 Å². The molecule has 1 atom stereocenters. The molecule has 1 aliphatic heterocycles. The Morgan fingerprint density at radius 2 is 2.12 bits per heavy atom. The molecule has 0 bridgehead atoms. The topological polar surface area (TPSA) is 49.4 Å². The molecule has 1 rings (SSSR count). The first-order chi connectivity index (χ1) is 7.50. The number of carbonyl (C=O) groups excluding carboxylic acids is 2. The highest BCUT2D eigenvalue weighted by Gasteiger charge is 2.21. The minimum Gasteiger partial charge on any atom is -0.347 e. The van der Waals surface area contributed by atoms with Gasteiger partial charge in [-0.2, -0.15) is 0 Å². The van der Waals surface area contributed by atoms with E-state index in [0.29, 0.717) is 5.92 Å². The number of nitrogens with zero attached hydrogens (tertiary/aromatic N) is 1. The number of carbonyl (C=O) groups is 2. The van der Waals surface area contributed by atoms with E-state index in [1.807, 2.05) is 18.7 Å². The van der Waals surface area contributed by atoms with Crippen molar-refractivity contribution in [3.63, 3.8) is 0 Å². The molecule has 1 aliphatic rings. The van der Waals surface area contributed by atoms with Crippen molar-refractivity contribution in [1.82, 2.24) is 10.2 Å². The van der Waals surface area contributed by atoms with Gasteiger partial charge < -0.3 is 10.2 Å². The van der Waals surface area contributed by atoms with Crippen LogP contribution >= 0.6 is 0 Å². The molecular formula is C12H22N2O2. The van der Waals surface area contributed by atoms with Crippen LogP contribution in [0.25, 0.3) is 0 Å². The van der Waals surface area contributed by atoms with E-state index in [9.17, 15) is 9.59 Å². The lowest BCUT2D eigenvalue weighted by atomic mass is 10.0. The Hall–Kier alpha value is -1.06. The molecule has 4 nitrogen and oxygen atoms in total. The quantitative estimate of drug-likeness (QED) is 0.781. The van der Waals surface area contributed by atoms with Crippen LogP contribution < -0.4 is 5.32 Å². The molecular weight excluding hydrogens is 204 g/mol. The normalized spacial score (nSPS) is 21.0. The van der Waals surface area contributed by atoms with Crippen molar-refractivity contribution >= 4 is 11.8 Å². The first-order valence-electron chi connectivity index (χ1n) is 6.06. The highest BCUT2D eigenvalue weighted by Crippen LogP contribution is 2.15. The van der Waals surface area contributed by atoms with Gasteiger partial charge in [0.05, 0.1) is 6.54 Å². The number of piperidine rings is 1. The lowest BCUT2D eigenvalue weighted by molar-refractivity contribution is -0.134. The van der Waals surface area contributed by atoms with Gasteiger partial charge >= 0.3 is 0 Å². The molecule has 1 fully saturated rings. The van der Waals surface area contributed by atoms with Crippen LogP contribution in [0.5, 0.6) is 0 Å². The second-order valence-electron chi connectivity index (χ2n) is 4.96. The maximum Gasteiger partial charge on any atom is 0.241 e. The second-order valence-corrected chi connectivity index (χ2v) is 4.96. The van der Waals surface area contributed by atoms with Crippen LogP contribution in [0.4, 0.5) is 0 Å². The van der Waals surface area contributed by atoms with Crippen LogP contribution in [0.3, 0.4) is 0 Å². The van der Waals surface area contributed by atoms with E-state index in [1.54, 1.807) is 0 Å². The number of nitrogens with one attached hydrogen (secondary N) is 1. The smallest absolute Gasteiger partial charge is 0.241 e. The zero-order valence-electron chi connectivity index (χ0n) is 10.5. The summed E-state index contributed by atoms with van der Waals surface area (Å²) in [5.74, 6) is 0.505. The van der Waals surface area contributed by atoms with Gasteiger partial charge in [0, 0.05) is 19.0 Å². The molecule has 0 aromatic carbocycles. The first kappa shape index (κ1) is 13.0. The summed E-state index contributed by atoms with van der Waals surface area (Å²) in [6, 6.07) is 0. The molecule has 1 saturated heterocycles. The van der Waals surface area contributed by atoms with Gasteiger partial charge in [0.15, 0.2) is 0 Å². The molecule has 1 N–H and O–H groups in total. The first-order valence-corrected chi connectivity index (χ1v) is 6.06. The van der Waals surface area contributed by atoms with E-state index < -0.39 is 0 Å². The van der Waals surface area contributed by atoms with E-state index in [0.717, 1.165) is 19.5 Å². The Bertz CT molecular complexity index is 264. The van der Waals surface area contributed by atoms with Crippen molar-refractivity contribution in [2.75, 3.05) is 19.6 Å². The summed E-state index contributed by atoms with van der Waals surface area (Å²) in [6.45, 7) is 7.61. The Morgan fingerprint density at radius 3 is 2.69 bits per heavy atom. The van der Waals surface area contributed by atoms with Gasteiger partial charge in [-0.15, -0.1) is 0 Å². The predicted molar refractivity (Wildman–Crippen MR) is 62.8 cm³/mol. The molecule has 0 radical (unpaired) electrons. The number of hydrogen-bond donors (Lipinski definition) is 1. The number of hydrogen-bond acceptors (Lipinski definition) is 2. The standard InChI is InChI=1S/C12H22N2O2/c1-9(2)12(16)13-7-11(15)14-6-4-5-10(3)8-14/h9-10H,4-8H2,1-3H3,(H,13,16). The van der Waals surface area contributed by atoms with Gasteiger partial charge in [-0.05, 0) is 18.8 Å². The van der Waals surface area contributed by atoms with Gasteiger partial charge in [0.2, 0.25) is 11.8 Å². The van der Waals surface area contributed by atoms with E-state index >= 15 is 0 Å². The maximum atomic E-state index is 11.8. The van der Waals surface area contributed by atoms with Gasteiger partial charge in [-0.1, -0.05) is 20.8 Å². The lowest BCUT2D eigenvalue weighted by Crippen LogP contribution is -2.45. The van der Waals surface area contributed by atoms with Crippen LogP contribution in [0.2, 0.25) is 0 Å². The van der Waals surface area contributed by atoms with Crippen molar-refractivity contribution in [3.05, 3.63) is 0 Å². The molecule has 16 heavy (non-hydrogen) atoms. The Kier molecular flexibility index (Phi) is 4.77. The number of rotatable bonds is 3. The van der Waals surface area contributed by atoms with Gasteiger partial charge in [-0.3, -0.25) is 9.59 Å². The summed E-state index contributed by atoms with van der Waals surface area (Å²) in [7, 11) is 0. The van der Waals surface area contributed by atoms with E-state index in [2.05, 4.69) is 12.2 Å². The van der Waals surface area contributed by atoms with Crippen LogP contribution in [0.1, 0.15) is 33.6 Å². The molecule has 0 aliphatic carbocycles. The minimum atomic E-state index is -0.0620. The monoisotopic (exact) mass is 226 g/mol. The van der Waals surface area contributed by atoms with Crippen molar-refractivity contribution in [3.8, 4) is 0 Å². The van der Waals surface area contributed by atoms with Crippen LogP contribution in [-0.2, 0) is 9.59 Å². The Morgan fingerprint density at radius 1 is 1.44 bits per heavy atom. The largest absolute Gasteiger partial charge is 0.347 e. The number of amides is 2. The molecule has 1 heterocycles. The number of likely N-dealkylation sites (tertiary alicyclic amines) is 1. The van der Waals surface area contributed by atoms with Crippen molar-refractivity contribution in [1.29, 1.82) is 0 Å². The fraction of sp³-hybridized carbons (Fsp3) is 0.833. The highest BCUT2D eigenvalue weighted by molar-refractivity contribution is 5.85. The third-order valence-electron chi connectivity index (χ3n) is 2.95. The maximum absolute atomic E-state index is 11.8. The van der Waals surface area contributed by atoms with Gasteiger partial charge in [-0.25, -0.2) is 0 Å². The van der Waals surface area contributed by atoms with Crippen molar-refractivity contribution in [2.45, 2.75) is 33.6 Å². The third-order valence-corrected chi connectivity index (χ3v) is 2.95. The third kappa shape index (κ3) is 3.83. The molecule has 0 spiro atoms. The van der Waals surface area contributed by atoms with Crippen LogP contribution in [-0.4, -0.2) is 36.3 Å². The fourth-order valence-electron chi connectivity index (χ4n) is 1.89. The molecule has 4 heteroatoms. The minimum absolute atomic E-state index is 0.0422. The van der Waals surface area contributed by atoms with Crippen LogP contribution in [0.15, 0.2) is 0 Å². The molecule has 0 saturated carbocycles. The van der Waals surface area contributed by atoms with Crippen molar-refractivity contribution in [2.24, 2.45) is 11.8 Å². The molecule has 0 aromatic heterocycles. The molecule has 0 aromatic rings. The Labute approximate surface area is 97.4 Å². The molecule has 1 unspecified atom stereocenters. The summed E-state index contributed by atoms with van der Waals surface area (Å²) in [5.41, 5.74) is 0. The summed E-state index contributed by atoms with van der Waals surface area (Å²) in [5, 5.41) is 2.66. The highest BCUT2D eigenvalue weighted by atomic mass is 16.2. The second kappa shape index (κ2) is 5.87. The zero-order chi connectivity index (χ0) is 12.1. The van der Waals surface area contributed by atoms with E-state index in [1.165, 1.54) is 6.42 Å². The average Bonchev–Trinajstić information content (AvgIpc) is 2.25. The van der Waals surface area contributed by atoms with Gasteiger partial charge in [0.25, 0.3) is 0 Å². The van der Waals surface area contributed by atoms with E-state index in [-0.39, 0.29) is 24.3 Å². The molecule has 92 valence electrons. The average molecular weight is 226 g/mol. The zero-order valence-corrected chi connectivity index (χ0v) is 10.5. The Balaban J connectivity index is 2.32. The predicted octanol–water partition coefficient (Wildman–Crippen LogP) is 1.02. The summed E-state index contributed by atoms with van der Waals surface area (Å²) in [6.07, 6.45) is 2.27. The van der Waals surface area contributed by atoms with E-state index in [4.69, 9.17) is 0 Å². The molecule has 2 amide bonds. The lowest BCUT2D eigenvalue weighted by Gasteiger charge is -2.31. The SMILES string of the molecule is CC1CCCN(C(=O)CNC(=O)C(C)C)C1. The van der Waals surface area contributed by atoms with Crippen molar-refractivity contribution < 1.29 is 9.59 Å². The fourth-order valence-corrected chi connectivity index (χ4v) is 1.89. The van der Waals surface area contributed by atoms with Gasteiger partial charge in [0.1, 0.15) is 0 Å².